The van der Waals surface area contributed by atoms with Crippen molar-refractivity contribution in [3.63, 3.8) is 0 Å². The van der Waals surface area contributed by atoms with E-state index in [2.05, 4.69) is 37.5 Å². The summed E-state index contributed by atoms with van der Waals surface area (Å²) in [4.78, 5) is 4.39. The molecule has 0 heterocycles. The zero-order chi connectivity index (χ0) is 14.1. The molecule has 0 atom stereocenters. The molecule has 110 valence electrons. The Morgan fingerprint density at radius 1 is 1.45 bits per heavy atom. The van der Waals surface area contributed by atoms with Crippen LogP contribution in [0.2, 0.25) is 0 Å². The zero-order valence-electron chi connectivity index (χ0n) is 11.2. The molecule has 6 heteroatoms. The van der Waals surface area contributed by atoms with Crippen molar-refractivity contribution in [1.29, 1.82) is 0 Å². The minimum Gasteiger partial charge on any atom is -0.357 e. The summed E-state index contributed by atoms with van der Waals surface area (Å²) in [5, 5.41) is 6.11. The summed E-state index contributed by atoms with van der Waals surface area (Å²) in [5.74, 6) is 2.94. The molecule has 3 nitrogen and oxygen atoms in total. The SMILES string of the molecule is C#CCNC(=NCCc1ccc(F)c(Br)c1)NCC.I. The summed E-state index contributed by atoms with van der Waals surface area (Å²) in [6.45, 7) is 3.81. The van der Waals surface area contributed by atoms with Crippen LogP contribution in [0.1, 0.15) is 12.5 Å². The molecule has 0 aliphatic carbocycles. The van der Waals surface area contributed by atoms with Gasteiger partial charge in [0, 0.05) is 13.1 Å². The average molecular weight is 454 g/mol. The van der Waals surface area contributed by atoms with Crippen LogP contribution in [-0.4, -0.2) is 25.6 Å². The number of rotatable bonds is 5. The molecule has 0 radical (unpaired) electrons. The minimum absolute atomic E-state index is 0. The van der Waals surface area contributed by atoms with Crippen molar-refractivity contribution in [3.8, 4) is 12.3 Å². The van der Waals surface area contributed by atoms with Gasteiger partial charge >= 0.3 is 0 Å². The van der Waals surface area contributed by atoms with Crippen LogP contribution < -0.4 is 10.6 Å². The van der Waals surface area contributed by atoms with E-state index < -0.39 is 0 Å². The molecule has 0 spiro atoms. The van der Waals surface area contributed by atoms with E-state index in [1.807, 2.05) is 6.92 Å². The van der Waals surface area contributed by atoms with E-state index >= 15 is 0 Å². The summed E-state index contributed by atoms with van der Waals surface area (Å²) in [5.41, 5.74) is 1.03. The second-order valence-electron chi connectivity index (χ2n) is 3.82. The van der Waals surface area contributed by atoms with Gasteiger partial charge in [-0.25, -0.2) is 4.39 Å². The maximum absolute atomic E-state index is 13.1. The number of hydrogen-bond donors (Lipinski definition) is 2. The van der Waals surface area contributed by atoms with Crippen molar-refractivity contribution in [2.75, 3.05) is 19.6 Å². The molecule has 0 unspecified atom stereocenters. The van der Waals surface area contributed by atoms with E-state index in [0.29, 0.717) is 23.5 Å². The van der Waals surface area contributed by atoms with Crippen molar-refractivity contribution in [2.24, 2.45) is 4.99 Å². The highest BCUT2D eigenvalue weighted by Gasteiger charge is 2.00. The Bertz CT molecular complexity index is 486. The fraction of sp³-hybridized carbons (Fsp3) is 0.357. The Morgan fingerprint density at radius 3 is 2.80 bits per heavy atom. The number of terminal acetylenes is 1. The number of halogens is 3. The molecule has 0 aliphatic heterocycles. The van der Waals surface area contributed by atoms with Gasteiger partial charge in [0.1, 0.15) is 5.82 Å². The molecule has 0 aromatic heterocycles. The molecule has 2 N–H and O–H groups in total. The van der Waals surface area contributed by atoms with Crippen LogP contribution in [0.25, 0.3) is 0 Å². The molecule has 0 bridgehead atoms. The number of guanidine groups is 1. The molecule has 20 heavy (non-hydrogen) atoms. The first-order chi connectivity index (χ1) is 9.17. The molecule has 1 rings (SSSR count). The molecule has 0 fully saturated rings. The predicted octanol–water partition coefficient (Wildman–Crippen LogP) is 2.94. The quantitative estimate of drug-likeness (QED) is 0.311. The summed E-state index contributed by atoms with van der Waals surface area (Å²) >= 11 is 3.17. The van der Waals surface area contributed by atoms with Gasteiger partial charge in [-0.1, -0.05) is 12.0 Å². The molecular formula is C14H18BrFIN3. The normalized spacial score (nSPS) is 10.4. The highest BCUT2D eigenvalue weighted by Crippen LogP contribution is 2.17. The number of nitrogens with one attached hydrogen (secondary N) is 2. The highest BCUT2D eigenvalue weighted by atomic mass is 127. The summed E-state index contributed by atoms with van der Waals surface area (Å²) < 4.78 is 13.6. The fourth-order valence-electron chi connectivity index (χ4n) is 1.47. The number of hydrogen-bond acceptors (Lipinski definition) is 1. The molecule has 1 aromatic carbocycles. The summed E-state index contributed by atoms with van der Waals surface area (Å²) in [6, 6.07) is 4.98. The maximum Gasteiger partial charge on any atom is 0.192 e. The molecule has 0 amide bonds. The molecule has 1 aromatic rings. The summed E-state index contributed by atoms with van der Waals surface area (Å²) in [6.07, 6.45) is 5.93. The third-order valence-electron chi connectivity index (χ3n) is 2.36. The smallest absolute Gasteiger partial charge is 0.192 e. The summed E-state index contributed by atoms with van der Waals surface area (Å²) in [7, 11) is 0. The van der Waals surface area contributed by atoms with Gasteiger partial charge in [0.15, 0.2) is 5.96 Å². The predicted molar refractivity (Wildman–Crippen MR) is 96.0 cm³/mol. The lowest BCUT2D eigenvalue weighted by Crippen LogP contribution is -2.37. The molecule has 0 aliphatic rings. The van der Waals surface area contributed by atoms with Gasteiger partial charge < -0.3 is 10.6 Å². The second kappa shape index (κ2) is 10.9. The number of nitrogens with zero attached hydrogens (tertiary/aromatic N) is 1. The van der Waals surface area contributed by atoms with Crippen molar-refractivity contribution in [1.82, 2.24) is 10.6 Å². The molecule has 0 saturated heterocycles. The maximum atomic E-state index is 13.1. The zero-order valence-corrected chi connectivity index (χ0v) is 15.2. The minimum atomic E-state index is -0.253. The van der Waals surface area contributed by atoms with Crippen LogP contribution >= 0.6 is 39.9 Å². The molecular weight excluding hydrogens is 436 g/mol. The standard InChI is InChI=1S/C14H17BrFN3.HI/c1-3-8-18-14(17-4-2)19-9-7-11-5-6-13(16)12(15)10-11;/h1,5-6,10H,4,7-9H2,2H3,(H2,17,18,19);1H. The second-order valence-corrected chi connectivity index (χ2v) is 4.67. The van der Waals surface area contributed by atoms with E-state index in [4.69, 9.17) is 6.42 Å². The lowest BCUT2D eigenvalue weighted by molar-refractivity contribution is 0.620. The number of benzene rings is 1. The van der Waals surface area contributed by atoms with Crippen molar-refractivity contribution in [2.45, 2.75) is 13.3 Å². The Kier molecular flexibility index (Phi) is 10.5. The fourth-order valence-corrected chi connectivity index (χ4v) is 1.89. The van der Waals surface area contributed by atoms with Crippen molar-refractivity contribution < 1.29 is 4.39 Å². The van der Waals surface area contributed by atoms with E-state index in [1.165, 1.54) is 6.07 Å². The van der Waals surface area contributed by atoms with Gasteiger partial charge in [-0.2, -0.15) is 0 Å². The third-order valence-corrected chi connectivity index (χ3v) is 2.96. The topological polar surface area (TPSA) is 36.4 Å². The Labute approximate surface area is 145 Å². The van der Waals surface area contributed by atoms with Gasteiger partial charge in [-0.15, -0.1) is 30.4 Å². The Balaban J connectivity index is 0.00000361. The van der Waals surface area contributed by atoms with Crippen LogP contribution in [0, 0.1) is 18.2 Å². The van der Waals surface area contributed by atoms with Gasteiger partial charge in [-0.3, -0.25) is 4.99 Å². The van der Waals surface area contributed by atoms with Crippen molar-refractivity contribution in [3.05, 3.63) is 34.1 Å². The monoisotopic (exact) mass is 453 g/mol. The van der Waals surface area contributed by atoms with Crippen molar-refractivity contribution >= 4 is 45.9 Å². The van der Waals surface area contributed by atoms with Crippen LogP contribution in [0.4, 0.5) is 4.39 Å². The van der Waals surface area contributed by atoms with Crippen LogP contribution in [0.3, 0.4) is 0 Å². The van der Waals surface area contributed by atoms with Crippen LogP contribution in [-0.2, 0) is 6.42 Å². The van der Waals surface area contributed by atoms with E-state index in [-0.39, 0.29) is 29.8 Å². The Hall–Kier alpha value is -0.810. The van der Waals surface area contributed by atoms with Gasteiger partial charge in [0.05, 0.1) is 11.0 Å². The largest absolute Gasteiger partial charge is 0.357 e. The molecule has 0 saturated carbocycles. The van der Waals surface area contributed by atoms with Gasteiger partial charge in [0.25, 0.3) is 0 Å². The lowest BCUT2D eigenvalue weighted by atomic mass is 10.1. The first kappa shape index (κ1) is 19.2. The lowest BCUT2D eigenvalue weighted by Gasteiger charge is -2.08. The van der Waals surface area contributed by atoms with E-state index in [0.717, 1.165) is 18.5 Å². The van der Waals surface area contributed by atoms with Crippen LogP contribution in [0.5, 0.6) is 0 Å². The highest BCUT2D eigenvalue weighted by molar-refractivity contribution is 14.0. The number of aliphatic imine (C=N–C) groups is 1. The van der Waals surface area contributed by atoms with E-state index in [1.54, 1.807) is 12.1 Å². The Morgan fingerprint density at radius 2 is 2.20 bits per heavy atom. The van der Waals surface area contributed by atoms with Gasteiger partial charge in [-0.05, 0) is 47.0 Å². The first-order valence-electron chi connectivity index (χ1n) is 6.07. The van der Waals surface area contributed by atoms with Gasteiger partial charge in [0.2, 0.25) is 0 Å². The third kappa shape index (κ3) is 7.10. The average Bonchev–Trinajstić information content (AvgIpc) is 2.40. The van der Waals surface area contributed by atoms with Crippen LogP contribution in [0.15, 0.2) is 27.7 Å². The van der Waals surface area contributed by atoms with E-state index in [9.17, 15) is 4.39 Å². The first-order valence-corrected chi connectivity index (χ1v) is 6.86.